The summed E-state index contributed by atoms with van der Waals surface area (Å²) in [6.45, 7) is 10.8. The first-order chi connectivity index (χ1) is 13.2. The smallest absolute Gasteiger partial charge is 0.251 e. The molecule has 2 unspecified atom stereocenters. The molecule has 0 radical (unpaired) electrons. The Bertz CT molecular complexity index is 709. The van der Waals surface area contributed by atoms with E-state index in [-0.39, 0.29) is 29.7 Å². The number of rotatable bonds is 6. The number of carbonyl (C=O) groups excluding carboxylic acids is 3. The van der Waals surface area contributed by atoms with Gasteiger partial charge in [0.1, 0.15) is 6.04 Å². The fraction of sp³-hybridized carbons (Fsp3) is 0.591. The van der Waals surface area contributed by atoms with E-state index in [2.05, 4.69) is 24.5 Å². The molecule has 6 heteroatoms. The number of carbonyl (C=O) groups is 3. The second-order valence-electron chi connectivity index (χ2n) is 8.21. The normalized spacial score (nSPS) is 17.1. The van der Waals surface area contributed by atoms with Crippen LogP contribution >= 0.6 is 0 Å². The standard InChI is InChI=1S/C22H33N3O3/c1-14(2)16(4)23-22(28)20(18-9-11-25(12-10-18)17(5)26)24-21(27)19-8-6-7-15(3)13-19/h6-8,13-14,16,18,20H,9-12H2,1-5H3,(H,23,28)(H,24,27). The molecule has 2 rings (SSSR count). The molecule has 1 fully saturated rings. The molecule has 0 bridgehead atoms. The van der Waals surface area contributed by atoms with Gasteiger partial charge in [-0.2, -0.15) is 0 Å². The van der Waals surface area contributed by atoms with Gasteiger partial charge in [0.05, 0.1) is 0 Å². The number of amides is 3. The quantitative estimate of drug-likeness (QED) is 0.787. The van der Waals surface area contributed by atoms with Crippen LogP contribution in [-0.2, 0) is 9.59 Å². The van der Waals surface area contributed by atoms with Gasteiger partial charge < -0.3 is 15.5 Å². The van der Waals surface area contributed by atoms with Crippen molar-refractivity contribution in [1.29, 1.82) is 0 Å². The number of likely N-dealkylation sites (tertiary alicyclic amines) is 1. The zero-order valence-corrected chi connectivity index (χ0v) is 17.6. The van der Waals surface area contributed by atoms with Crippen LogP contribution in [0.25, 0.3) is 0 Å². The van der Waals surface area contributed by atoms with E-state index in [1.165, 1.54) is 0 Å². The summed E-state index contributed by atoms with van der Waals surface area (Å²) in [7, 11) is 0. The van der Waals surface area contributed by atoms with Crippen molar-refractivity contribution in [3.63, 3.8) is 0 Å². The Labute approximate surface area is 168 Å². The highest BCUT2D eigenvalue weighted by atomic mass is 16.2. The van der Waals surface area contributed by atoms with Gasteiger partial charge in [-0.15, -0.1) is 0 Å². The van der Waals surface area contributed by atoms with Gasteiger partial charge in [-0.25, -0.2) is 0 Å². The molecule has 1 heterocycles. The molecule has 1 aromatic rings. The van der Waals surface area contributed by atoms with E-state index in [1.54, 1.807) is 17.9 Å². The lowest BCUT2D eigenvalue weighted by Gasteiger charge is -2.36. The summed E-state index contributed by atoms with van der Waals surface area (Å²) in [6, 6.07) is 6.76. The van der Waals surface area contributed by atoms with E-state index < -0.39 is 6.04 Å². The molecule has 1 aromatic carbocycles. The van der Waals surface area contributed by atoms with Crippen LogP contribution in [0.4, 0.5) is 0 Å². The maximum absolute atomic E-state index is 13.0. The third-order valence-corrected chi connectivity index (χ3v) is 5.68. The van der Waals surface area contributed by atoms with Crippen LogP contribution in [0.5, 0.6) is 0 Å². The molecule has 0 aliphatic carbocycles. The summed E-state index contributed by atoms with van der Waals surface area (Å²) in [6.07, 6.45) is 1.39. The average Bonchev–Trinajstić information content (AvgIpc) is 2.65. The lowest BCUT2D eigenvalue weighted by molar-refractivity contribution is -0.130. The fourth-order valence-electron chi connectivity index (χ4n) is 3.44. The van der Waals surface area contributed by atoms with Crippen molar-refractivity contribution in [2.45, 2.75) is 59.5 Å². The summed E-state index contributed by atoms with van der Waals surface area (Å²) in [5.74, 6) is -0.0319. The Morgan fingerprint density at radius 1 is 1.07 bits per heavy atom. The highest BCUT2D eigenvalue weighted by molar-refractivity contribution is 5.97. The van der Waals surface area contributed by atoms with Crippen LogP contribution in [0.2, 0.25) is 0 Å². The van der Waals surface area contributed by atoms with Crippen molar-refractivity contribution in [3.05, 3.63) is 35.4 Å². The molecule has 0 aromatic heterocycles. The van der Waals surface area contributed by atoms with Crippen molar-refractivity contribution in [1.82, 2.24) is 15.5 Å². The third-order valence-electron chi connectivity index (χ3n) is 5.68. The van der Waals surface area contributed by atoms with Gasteiger partial charge in [-0.1, -0.05) is 31.5 Å². The largest absolute Gasteiger partial charge is 0.352 e. The molecule has 2 N–H and O–H groups in total. The minimum Gasteiger partial charge on any atom is -0.352 e. The number of benzene rings is 1. The summed E-state index contributed by atoms with van der Waals surface area (Å²) >= 11 is 0. The molecule has 1 aliphatic heterocycles. The molecule has 28 heavy (non-hydrogen) atoms. The number of hydrogen-bond donors (Lipinski definition) is 2. The van der Waals surface area contributed by atoms with E-state index in [4.69, 9.17) is 0 Å². The number of piperidine rings is 1. The molecule has 154 valence electrons. The van der Waals surface area contributed by atoms with Crippen molar-refractivity contribution >= 4 is 17.7 Å². The van der Waals surface area contributed by atoms with Gasteiger partial charge >= 0.3 is 0 Å². The van der Waals surface area contributed by atoms with Crippen molar-refractivity contribution in [2.75, 3.05) is 13.1 Å². The Balaban J connectivity index is 2.15. The first-order valence-corrected chi connectivity index (χ1v) is 10.1. The monoisotopic (exact) mass is 387 g/mol. The van der Waals surface area contributed by atoms with E-state index in [1.807, 2.05) is 32.0 Å². The molecule has 1 saturated heterocycles. The van der Waals surface area contributed by atoms with Crippen LogP contribution in [0, 0.1) is 18.8 Å². The Hall–Kier alpha value is -2.37. The molecular formula is C22H33N3O3. The van der Waals surface area contributed by atoms with Crippen molar-refractivity contribution in [2.24, 2.45) is 11.8 Å². The van der Waals surface area contributed by atoms with E-state index in [0.717, 1.165) is 5.56 Å². The summed E-state index contributed by atoms with van der Waals surface area (Å²) in [5.41, 5.74) is 1.55. The van der Waals surface area contributed by atoms with Crippen LogP contribution in [0.15, 0.2) is 24.3 Å². The van der Waals surface area contributed by atoms with E-state index in [0.29, 0.717) is 37.4 Å². The molecule has 1 aliphatic rings. The lowest BCUT2D eigenvalue weighted by Crippen LogP contribution is -2.55. The highest BCUT2D eigenvalue weighted by Gasteiger charge is 2.34. The summed E-state index contributed by atoms with van der Waals surface area (Å²) < 4.78 is 0. The maximum atomic E-state index is 13.0. The minimum atomic E-state index is -0.608. The zero-order valence-electron chi connectivity index (χ0n) is 17.6. The minimum absolute atomic E-state index is 0.00345. The average molecular weight is 388 g/mol. The van der Waals surface area contributed by atoms with Crippen molar-refractivity contribution in [3.8, 4) is 0 Å². The van der Waals surface area contributed by atoms with Crippen LogP contribution in [-0.4, -0.2) is 47.8 Å². The SMILES string of the molecule is CC(=O)N1CCC(C(NC(=O)c2cccc(C)c2)C(=O)NC(C)C(C)C)CC1. The van der Waals surface area contributed by atoms with Gasteiger partial charge in [0.15, 0.2) is 0 Å². The maximum Gasteiger partial charge on any atom is 0.251 e. The van der Waals surface area contributed by atoms with Crippen LogP contribution < -0.4 is 10.6 Å². The molecule has 2 atom stereocenters. The second-order valence-corrected chi connectivity index (χ2v) is 8.21. The Morgan fingerprint density at radius 2 is 1.71 bits per heavy atom. The van der Waals surface area contributed by atoms with Gasteiger partial charge in [0.25, 0.3) is 5.91 Å². The number of aryl methyl sites for hydroxylation is 1. The van der Waals surface area contributed by atoms with Gasteiger partial charge in [0, 0.05) is 31.6 Å². The predicted molar refractivity (Wildman–Crippen MR) is 110 cm³/mol. The predicted octanol–water partition coefficient (Wildman–Crippen LogP) is 2.51. The van der Waals surface area contributed by atoms with Gasteiger partial charge in [-0.05, 0) is 50.7 Å². The molecular weight excluding hydrogens is 354 g/mol. The number of hydrogen-bond acceptors (Lipinski definition) is 3. The molecule has 3 amide bonds. The molecule has 0 spiro atoms. The van der Waals surface area contributed by atoms with Crippen molar-refractivity contribution < 1.29 is 14.4 Å². The topological polar surface area (TPSA) is 78.5 Å². The van der Waals surface area contributed by atoms with Gasteiger partial charge in [-0.3, -0.25) is 14.4 Å². The molecule has 6 nitrogen and oxygen atoms in total. The fourth-order valence-corrected chi connectivity index (χ4v) is 3.44. The van der Waals surface area contributed by atoms with E-state index >= 15 is 0 Å². The third kappa shape index (κ3) is 5.81. The van der Waals surface area contributed by atoms with E-state index in [9.17, 15) is 14.4 Å². The first kappa shape index (κ1) is 21.9. The van der Waals surface area contributed by atoms with Crippen LogP contribution in [0.1, 0.15) is 56.5 Å². The number of nitrogens with one attached hydrogen (secondary N) is 2. The molecule has 0 saturated carbocycles. The second kappa shape index (κ2) is 9.71. The summed E-state index contributed by atoms with van der Waals surface area (Å²) in [5, 5.41) is 6.01. The zero-order chi connectivity index (χ0) is 20.8. The Kier molecular flexibility index (Phi) is 7.61. The lowest BCUT2D eigenvalue weighted by atomic mass is 9.88. The van der Waals surface area contributed by atoms with Crippen LogP contribution in [0.3, 0.4) is 0 Å². The number of nitrogens with zero attached hydrogens (tertiary/aromatic N) is 1. The Morgan fingerprint density at radius 3 is 2.25 bits per heavy atom. The highest BCUT2D eigenvalue weighted by Crippen LogP contribution is 2.22. The van der Waals surface area contributed by atoms with Gasteiger partial charge in [0.2, 0.25) is 11.8 Å². The first-order valence-electron chi connectivity index (χ1n) is 10.1. The summed E-state index contributed by atoms with van der Waals surface area (Å²) in [4.78, 5) is 39.2.